The van der Waals surface area contributed by atoms with Gasteiger partial charge in [0.05, 0.1) is 17.5 Å². The third kappa shape index (κ3) is 7.90. The molecule has 0 atom stereocenters. The number of nitrogens with zero attached hydrogens (tertiary/aromatic N) is 3. The first kappa shape index (κ1) is 22.4. The van der Waals surface area contributed by atoms with Crippen molar-refractivity contribution in [2.75, 3.05) is 6.79 Å². The van der Waals surface area contributed by atoms with E-state index < -0.39 is 5.09 Å². The molecule has 152 valence electrons. The minimum Gasteiger partial charge on any atom is -0.457 e. The van der Waals surface area contributed by atoms with E-state index in [9.17, 15) is 0 Å². The van der Waals surface area contributed by atoms with E-state index in [0.29, 0.717) is 32.1 Å². The number of rotatable bonds is 6. The Labute approximate surface area is 180 Å². The van der Waals surface area contributed by atoms with Crippen LogP contribution in [0.5, 0.6) is 5.75 Å². The standard InChI is InChI=1S/C18H13Cl3N2O2.HNO3/c19-13-1-4-15(5-2-13)24-12-25-18(10-23-8-7-22-11-23)16-6-3-14(20)9-17(16)21;2-1(3)4/h1-11H,12H2;(H,2,3,4)/b18-10+;. The van der Waals surface area contributed by atoms with Crippen LogP contribution < -0.4 is 4.74 Å². The van der Waals surface area contributed by atoms with E-state index >= 15 is 0 Å². The number of hydrogen-bond donors (Lipinski definition) is 1. The van der Waals surface area contributed by atoms with Gasteiger partial charge in [-0.05, 0) is 42.5 Å². The van der Waals surface area contributed by atoms with Crippen molar-refractivity contribution in [3.8, 4) is 5.75 Å². The Hall–Kier alpha value is -2.94. The Kier molecular flexibility index (Phi) is 8.60. The average Bonchev–Trinajstić information content (AvgIpc) is 3.15. The molecule has 8 nitrogen and oxygen atoms in total. The van der Waals surface area contributed by atoms with Crippen LogP contribution in [0.4, 0.5) is 0 Å². The number of imidazole rings is 1. The summed E-state index contributed by atoms with van der Waals surface area (Å²) in [6.07, 6.45) is 6.86. The zero-order chi connectivity index (χ0) is 21.2. The first-order valence-electron chi connectivity index (χ1n) is 7.84. The van der Waals surface area contributed by atoms with E-state index in [2.05, 4.69) is 4.98 Å². The molecule has 2 aromatic carbocycles. The molecule has 1 heterocycles. The van der Waals surface area contributed by atoms with Crippen LogP contribution >= 0.6 is 34.8 Å². The van der Waals surface area contributed by atoms with Gasteiger partial charge in [-0.1, -0.05) is 34.8 Å². The van der Waals surface area contributed by atoms with Crippen LogP contribution in [0, 0.1) is 10.1 Å². The second-order valence-corrected chi connectivity index (χ2v) is 6.51. The minimum absolute atomic E-state index is 0.00111. The number of hydrogen-bond acceptors (Lipinski definition) is 5. The fourth-order valence-corrected chi connectivity index (χ4v) is 2.67. The summed E-state index contributed by atoms with van der Waals surface area (Å²) in [6.45, 7) is 0.00111. The topological polar surface area (TPSA) is 99.7 Å². The summed E-state index contributed by atoms with van der Waals surface area (Å²) in [5, 5.41) is 15.3. The molecule has 1 N–H and O–H groups in total. The Morgan fingerprint density at radius 1 is 1.17 bits per heavy atom. The predicted molar refractivity (Wildman–Crippen MR) is 110 cm³/mol. The largest absolute Gasteiger partial charge is 0.457 e. The van der Waals surface area contributed by atoms with Crippen LogP contribution in [-0.4, -0.2) is 26.6 Å². The van der Waals surface area contributed by atoms with Gasteiger partial charge < -0.3 is 19.2 Å². The first-order valence-corrected chi connectivity index (χ1v) is 8.97. The van der Waals surface area contributed by atoms with Gasteiger partial charge in [-0.15, -0.1) is 10.1 Å². The molecule has 3 aromatic rings. The van der Waals surface area contributed by atoms with Crippen LogP contribution in [-0.2, 0) is 4.74 Å². The van der Waals surface area contributed by atoms with Crippen molar-refractivity contribution in [2.24, 2.45) is 0 Å². The van der Waals surface area contributed by atoms with E-state index in [4.69, 9.17) is 59.6 Å². The molecular weight excluding hydrogens is 445 g/mol. The summed E-state index contributed by atoms with van der Waals surface area (Å²) in [5.74, 6) is 1.17. The van der Waals surface area contributed by atoms with Crippen molar-refractivity contribution in [1.29, 1.82) is 0 Å². The predicted octanol–water partition coefficient (Wildman–Crippen LogP) is 5.50. The van der Waals surface area contributed by atoms with Crippen LogP contribution in [0.1, 0.15) is 5.56 Å². The average molecular weight is 459 g/mol. The molecule has 0 amide bonds. The number of halogens is 3. The van der Waals surface area contributed by atoms with Crippen LogP contribution in [0.2, 0.25) is 15.1 Å². The quantitative estimate of drug-likeness (QED) is 0.226. The summed E-state index contributed by atoms with van der Waals surface area (Å²) >= 11 is 18.1. The molecule has 0 radical (unpaired) electrons. The summed E-state index contributed by atoms with van der Waals surface area (Å²) < 4.78 is 13.1. The molecule has 0 fully saturated rings. The van der Waals surface area contributed by atoms with Gasteiger partial charge in [-0.25, -0.2) is 4.98 Å². The highest BCUT2D eigenvalue weighted by atomic mass is 35.5. The van der Waals surface area contributed by atoms with Gasteiger partial charge in [-0.2, -0.15) is 0 Å². The van der Waals surface area contributed by atoms with Crippen molar-refractivity contribution in [3.05, 3.63) is 91.9 Å². The maximum Gasteiger partial charge on any atom is 0.291 e. The Morgan fingerprint density at radius 3 is 2.41 bits per heavy atom. The van der Waals surface area contributed by atoms with Crippen molar-refractivity contribution in [1.82, 2.24) is 9.55 Å². The van der Waals surface area contributed by atoms with Gasteiger partial charge in [0.15, 0.2) is 0 Å². The van der Waals surface area contributed by atoms with Crippen LogP contribution in [0.15, 0.2) is 61.2 Å². The molecule has 1 aromatic heterocycles. The molecule has 0 unspecified atom stereocenters. The molecule has 0 spiro atoms. The highest BCUT2D eigenvalue weighted by Crippen LogP contribution is 2.28. The van der Waals surface area contributed by atoms with Gasteiger partial charge >= 0.3 is 0 Å². The van der Waals surface area contributed by atoms with Crippen molar-refractivity contribution in [2.45, 2.75) is 0 Å². The smallest absolute Gasteiger partial charge is 0.291 e. The molecule has 0 saturated carbocycles. The second kappa shape index (κ2) is 11.2. The van der Waals surface area contributed by atoms with Crippen LogP contribution in [0.25, 0.3) is 12.0 Å². The van der Waals surface area contributed by atoms with E-state index in [1.54, 1.807) is 72.0 Å². The highest BCUT2D eigenvalue weighted by molar-refractivity contribution is 6.35. The summed E-state index contributed by atoms with van der Waals surface area (Å²) in [5.41, 5.74) is 0.694. The number of aromatic nitrogens is 2. The zero-order valence-electron chi connectivity index (χ0n) is 14.6. The lowest BCUT2D eigenvalue weighted by molar-refractivity contribution is -0.742. The normalized spacial score (nSPS) is 10.7. The molecule has 3 rings (SSSR count). The fraction of sp³-hybridized carbons (Fsp3) is 0.0556. The number of benzene rings is 2. The number of ether oxygens (including phenoxy) is 2. The van der Waals surface area contributed by atoms with Gasteiger partial charge in [0.25, 0.3) is 5.09 Å². The molecule has 29 heavy (non-hydrogen) atoms. The van der Waals surface area contributed by atoms with E-state index in [-0.39, 0.29) is 6.79 Å². The Balaban J connectivity index is 0.000000687. The molecular formula is C18H14Cl3N3O5. The molecule has 0 aliphatic carbocycles. The van der Waals surface area contributed by atoms with E-state index in [1.807, 2.05) is 0 Å². The van der Waals surface area contributed by atoms with Crippen molar-refractivity contribution >= 4 is 46.8 Å². The maximum absolute atomic E-state index is 8.36. The first-order chi connectivity index (χ1) is 13.8. The Bertz CT molecular complexity index is 959. The SMILES string of the molecule is Clc1ccc(OCO/C(=C/n2ccnc2)c2ccc(Cl)cc2Cl)cc1.O=[N+]([O-])O. The highest BCUT2D eigenvalue weighted by Gasteiger charge is 2.10. The minimum atomic E-state index is -1.50. The lowest BCUT2D eigenvalue weighted by atomic mass is 10.2. The van der Waals surface area contributed by atoms with E-state index in [0.717, 1.165) is 0 Å². The van der Waals surface area contributed by atoms with E-state index in [1.165, 1.54) is 0 Å². The summed E-state index contributed by atoms with van der Waals surface area (Å²) in [4.78, 5) is 12.4. The van der Waals surface area contributed by atoms with Crippen LogP contribution in [0.3, 0.4) is 0 Å². The molecule has 0 bridgehead atoms. The zero-order valence-corrected chi connectivity index (χ0v) is 16.9. The molecule has 0 saturated heterocycles. The van der Waals surface area contributed by atoms with Gasteiger partial charge in [0, 0.05) is 28.0 Å². The van der Waals surface area contributed by atoms with Gasteiger partial charge in [0.2, 0.25) is 6.79 Å². The second-order valence-electron chi connectivity index (χ2n) is 5.23. The third-order valence-corrected chi connectivity index (χ3v) is 4.04. The van der Waals surface area contributed by atoms with Crippen molar-refractivity contribution < 1.29 is 19.8 Å². The van der Waals surface area contributed by atoms with Gasteiger partial charge in [0.1, 0.15) is 11.5 Å². The Morgan fingerprint density at radius 2 is 1.83 bits per heavy atom. The third-order valence-electron chi connectivity index (χ3n) is 3.24. The monoisotopic (exact) mass is 457 g/mol. The molecule has 11 heteroatoms. The lowest BCUT2D eigenvalue weighted by Gasteiger charge is -2.13. The summed E-state index contributed by atoms with van der Waals surface area (Å²) in [7, 11) is 0. The summed E-state index contributed by atoms with van der Waals surface area (Å²) in [6, 6.07) is 12.2. The maximum atomic E-state index is 8.36. The molecule has 0 aliphatic heterocycles. The molecule has 0 aliphatic rings. The lowest BCUT2D eigenvalue weighted by Crippen LogP contribution is -2.04. The van der Waals surface area contributed by atoms with Crippen molar-refractivity contribution in [3.63, 3.8) is 0 Å². The van der Waals surface area contributed by atoms with Gasteiger partial charge in [-0.3, -0.25) is 0 Å². The fourth-order valence-electron chi connectivity index (χ4n) is 2.05.